The Hall–Kier alpha value is -2.40. The van der Waals surface area contributed by atoms with Gasteiger partial charge in [0.1, 0.15) is 5.84 Å². The van der Waals surface area contributed by atoms with Crippen LogP contribution in [0.3, 0.4) is 0 Å². The largest absolute Gasteiger partial charge is 0.266 e. The minimum Gasteiger partial charge on any atom is -0.261 e. The number of hydrogen-bond donors (Lipinski definition) is 0. The summed E-state index contributed by atoms with van der Waals surface area (Å²) in [5.41, 5.74) is 2.76. The number of benzene rings is 2. The molecule has 4 nitrogen and oxygen atoms in total. The number of fused-ring (bicyclic) bond motifs is 1. The molecule has 0 radical (unpaired) electrons. The summed E-state index contributed by atoms with van der Waals surface area (Å²) in [4.78, 5) is 5.33. The summed E-state index contributed by atoms with van der Waals surface area (Å²) in [6.07, 6.45) is 4.06. The maximum atomic E-state index is 13.9. The second kappa shape index (κ2) is 7.13. The first-order valence-corrected chi connectivity index (χ1v) is 11.6. The maximum absolute atomic E-state index is 13.9. The fourth-order valence-electron chi connectivity index (χ4n) is 4.47. The van der Waals surface area contributed by atoms with Crippen molar-refractivity contribution in [2.24, 2.45) is 10.9 Å². The highest BCUT2D eigenvalue weighted by molar-refractivity contribution is 7.89. The Labute approximate surface area is 174 Å². The summed E-state index contributed by atoms with van der Waals surface area (Å²) in [6.45, 7) is 8.30. The highest BCUT2D eigenvalue weighted by Gasteiger charge is 2.48. The lowest BCUT2D eigenvalue weighted by Gasteiger charge is -2.48. The second-order valence-electron chi connectivity index (χ2n) is 8.72. The van der Waals surface area contributed by atoms with Gasteiger partial charge in [0.15, 0.2) is 0 Å². The van der Waals surface area contributed by atoms with Gasteiger partial charge in [0.05, 0.1) is 16.5 Å². The molecule has 1 aliphatic carbocycles. The van der Waals surface area contributed by atoms with E-state index in [1.54, 1.807) is 16.4 Å². The van der Waals surface area contributed by atoms with Crippen LogP contribution >= 0.6 is 0 Å². The van der Waals surface area contributed by atoms with E-state index in [0.29, 0.717) is 10.7 Å². The minimum atomic E-state index is -3.76. The zero-order valence-electron chi connectivity index (χ0n) is 17.5. The number of sulfonamides is 1. The normalized spacial score (nSPS) is 23.8. The summed E-state index contributed by atoms with van der Waals surface area (Å²) < 4.78 is 29.3. The first-order chi connectivity index (χ1) is 13.7. The van der Waals surface area contributed by atoms with E-state index < -0.39 is 10.0 Å². The monoisotopic (exact) mass is 408 g/mol. The highest BCUT2D eigenvalue weighted by Crippen LogP contribution is 2.43. The van der Waals surface area contributed by atoms with E-state index >= 15 is 0 Å². The standard InChI is InChI=1S/C24H28N2O2S/c1-17-10-13-20(14-11-17)29(27,28)26-22-16-18(2)12-15-21(22)24(3,4)25-23(26)19-8-6-5-7-9-19/h5-11,13-14,16,21-22H,12,15H2,1-4H3/t21-,22+/m1/s1. The van der Waals surface area contributed by atoms with Crippen LogP contribution in [-0.2, 0) is 10.0 Å². The first-order valence-electron chi connectivity index (χ1n) is 10.1. The predicted octanol–water partition coefficient (Wildman–Crippen LogP) is 4.95. The van der Waals surface area contributed by atoms with Crippen LogP contribution in [0.2, 0.25) is 0 Å². The van der Waals surface area contributed by atoms with E-state index in [1.165, 1.54) is 5.57 Å². The van der Waals surface area contributed by atoms with Crippen molar-refractivity contribution in [3.63, 3.8) is 0 Å². The molecule has 0 amide bonds. The quantitative estimate of drug-likeness (QED) is 0.675. The topological polar surface area (TPSA) is 49.7 Å². The molecule has 0 saturated heterocycles. The first kappa shape index (κ1) is 19.9. The molecule has 0 bridgehead atoms. The molecular weight excluding hydrogens is 380 g/mol. The summed E-state index contributed by atoms with van der Waals surface area (Å²) in [6, 6.07) is 16.5. The molecule has 5 heteroatoms. The molecular formula is C24H28N2O2S. The lowest BCUT2D eigenvalue weighted by Crippen LogP contribution is -2.57. The van der Waals surface area contributed by atoms with Crippen LogP contribution in [0.4, 0.5) is 0 Å². The summed E-state index contributed by atoms with van der Waals surface area (Å²) in [5.74, 6) is 0.669. The number of nitrogens with zero attached hydrogens (tertiary/aromatic N) is 2. The third kappa shape index (κ3) is 3.52. The molecule has 2 aromatic carbocycles. The van der Waals surface area contributed by atoms with E-state index in [4.69, 9.17) is 4.99 Å². The van der Waals surface area contributed by atoms with Crippen LogP contribution in [0.25, 0.3) is 0 Å². The van der Waals surface area contributed by atoms with E-state index in [-0.39, 0.29) is 17.5 Å². The number of allylic oxidation sites excluding steroid dienone is 1. The molecule has 29 heavy (non-hydrogen) atoms. The molecule has 2 atom stereocenters. The van der Waals surface area contributed by atoms with Gasteiger partial charge < -0.3 is 0 Å². The van der Waals surface area contributed by atoms with Crippen molar-refractivity contribution in [2.75, 3.05) is 0 Å². The number of aliphatic imine (C=N–C) groups is 1. The Balaban J connectivity index is 1.95. The van der Waals surface area contributed by atoms with Crippen LogP contribution in [0.15, 0.2) is 76.1 Å². The third-order valence-electron chi connectivity index (χ3n) is 6.11. The van der Waals surface area contributed by atoms with Gasteiger partial charge in [-0.3, -0.25) is 4.99 Å². The van der Waals surface area contributed by atoms with Crippen LogP contribution in [0.5, 0.6) is 0 Å². The number of hydrogen-bond acceptors (Lipinski definition) is 3. The predicted molar refractivity (Wildman–Crippen MR) is 118 cm³/mol. The molecule has 0 spiro atoms. The minimum absolute atomic E-state index is 0.138. The Bertz CT molecular complexity index is 1070. The highest BCUT2D eigenvalue weighted by atomic mass is 32.2. The van der Waals surface area contributed by atoms with E-state index in [9.17, 15) is 8.42 Å². The fourth-order valence-corrected chi connectivity index (χ4v) is 6.08. The van der Waals surface area contributed by atoms with Crippen molar-refractivity contribution in [1.82, 2.24) is 4.31 Å². The SMILES string of the molecule is CC1=C[C@H]2[C@@H](CC1)C(C)(C)N=C(c1ccccc1)N2S(=O)(=O)c1ccc(C)cc1. The van der Waals surface area contributed by atoms with Crippen molar-refractivity contribution in [2.45, 2.75) is 57.0 Å². The Morgan fingerprint density at radius 2 is 1.66 bits per heavy atom. The van der Waals surface area contributed by atoms with Crippen LogP contribution in [0, 0.1) is 12.8 Å². The van der Waals surface area contributed by atoms with Crippen LogP contribution in [-0.4, -0.2) is 30.1 Å². The van der Waals surface area contributed by atoms with Gasteiger partial charge in [-0.1, -0.05) is 59.7 Å². The molecule has 0 aromatic heterocycles. The van der Waals surface area contributed by atoms with Crippen molar-refractivity contribution < 1.29 is 8.42 Å². The van der Waals surface area contributed by atoms with Gasteiger partial charge >= 0.3 is 0 Å². The fraction of sp³-hybridized carbons (Fsp3) is 0.375. The third-order valence-corrected chi connectivity index (χ3v) is 7.91. The summed E-state index contributed by atoms with van der Waals surface area (Å²) in [7, 11) is -3.76. The van der Waals surface area contributed by atoms with Gasteiger partial charge in [0, 0.05) is 11.5 Å². The van der Waals surface area contributed by atoms with E-state index in [1.807, 2.05) is 49.4 Å². The van der Waals surface area contributed by atoms with Gasteiger partial charge in [-0.2, -0.15) is 0 Å². The average molecular weight is 409 g/mol. The molecule has 0 unspecified atom stereocenters. The number of aryl methyl sites for hydroxylation is 1. The molecule has 2 aliphatic rings. The maximum Gasteiger partial charge on any atom is 0.266 e. The Morgan fingerprint density at radius 3 is 2.31 bits per heavy atom. The summed E-state index contributed by atoms with van der Waals surface area (Å²) in [5, 5.41) is 0. The van der Waals surface area contributed by atoms with Crippen molar-refractivity contribution in [3.8, 4) is 0 Å². The smallest absolute Gasteiger partial charge is 0.261 e. The van der Waals surface area contributed by atoms with Gasteiger partial charge in [0.25, 0.3) is 10.0 Å². The lowest BCUT2D eigenvalue weighted by molar-refractivity contribution is 0.199. The number of rotatable bonds is 3. The van der Waals surface area contributed by atoms with Crippen molar-refractivity contribution >= 4 is 15.9 Å². The molecule has 1 aliphatic heterocycles. The van der Waals surface area contributed by atoms with E-state index in [0.717, 1.165) is 24.0 Å². The van der Waals surface area contributed by atoms with Gasteiger partial charge in [-0.15, -0.1) is 0 Å². The zero-order chi connectivity index (χ0) is 20.8. The zero-order valence-corrected chi connectivity index (χ0v) is 18.3. The van der Waals surface area contributed by atoms with Gasteiger partial charge in [-0.25, -0.2) is 12.7 Å². The molecule has 0 fully saturated rings. The molecule has 4 rings (SSSR count). The number of amidine groups is 1. The lowest BCUT2D eigenvalue weighted by atomic mass is 9.73. The molecule has 0 N–H and O–H groups in total. The Morgan fingerprint density at radius 1 is 1.00 bits per heavy atom. The molecule has 1 heterocycles. The molecule has 152 valence electrons. The summed E-state index contributed by atoms with van der Waals surface area (Å²) >= 11 is 0. The van der Waals surface area contributed by atoms with Crippen molar-refractivity contribution in [3.05, 3.63) is 77.4 Å². The average Bonchev–Trinajstić information content (AvgIpc) is 2.68. The van der Waals surface area contributed by atoms with Crippen LogP contribution in [0.1, 0.15) is 44.7 Å². The second-order valence-corrected chi connectivity index (χ2v) is 10.5. The molecule has 2 aromatic rings. The van der Waals surface area contributed by atoms with Crippen molar-refractivity contribution in [1.29, 1.82) is 0 Å². The van der Waals surface area contributed by atoms with Gasteiger partial charge in [0.2, 0.25) is 0 Å². The Kier molecular flexibility index (Phi) is 4.89. The molecule has 0 saturated carbocycles. The van der Waals surface area contributed by atoms with Gasteiger partial charge in [-0.05, 0) is 52.7 Å². The van der Waals surface area contributed by atoms with Crippen LogP contribution < -0.4 is 0 Å². The van der Waals surface area contributed by atoms with E-state index in [2.05, 4.69) is 26.8 Å².